The molecule has 13 heteroatoms. The number of nitrogens with one attached hydrogen (secondary N) is 3. The summed E-state index contributed by atoms with van der Waals surface area (Å²) >= 11 is 0. The molecule has 0 bridgehead atoms. The summed E-state index contributed by atoms with van der Waals surface area (Å²) in [6.45, 7) is 0. The molecule has 0 atom stereocenters. The van der Waals surface area contributed by atoms with Crippen LogP contribution in [0.15, 0.2) is 61.1 Å². The van der Waals surface area contributed by atoms with Gasteiger partial charge < -0.3 is 10.3 Å². The molecule has 0 saturated heterocycles. The van der Waals surface area contributed by atoms with Gasteiger partial charge in [-0.05, 0) is 67.3 Å². The SMILES string of the molecule is CS(=O)(=O)CCc1cc(F)cc(-c2nccc3[nH]c(-c4n[nH]c5ccc(-c6cncc(NC(=O)C7CCC7)c6)nc45)nc23)c1. The summed E-state index contributed by atoms with van der Waals surface area (Å²) in [7, 11) is -3.21. The number of nitrogens with zero attached hydrogens (tertiary/aromatic N) is 5. The molecule has 3 N–H and O–H groups in total. The van der Waals surface area contributed by atoms with Gasteiger partial charge >= 0.3 is 0 Å². The largest absolute Gasteiger partial charge is 0.336 e. The van der Waals surface area contributed by atoms with Crippen LogP contribution in [0.1, 0.15) is 24.8 Å². The van der Waals surface area contributed by atoms with Crippen molar-refractivity contribution in [3.8, 4) is 34.0 Å². The Morgan fingerprint density at radius 2 is 1.84 bits per heavy atom. The van der Waals surface area contributed by atoms with Crippen molar-refractivity contribution in [1.29, 1.82) is 0 Å². The lowest BCUT2D eigenvalue weighted by atomic mass is 9.85. The standard InChI is InChI=1S/C31H27FN8O3S/c1-44(42,43)10-8-17-11-19(13-21(32)12-17)26-27-24(7-9-34-26)37-30(38-27)29-28-25(39-40-29)6-5-23(36-28)20-14-22(16-33-15-20)35-31(41)18-3-2-4-18/h5-7,9,11-16,18H,2-4,8,10H2,1H3,(H,35,41)(H,37,38)(H,39,40). The van der Waals surface area contributed by atoms with E-state index in [4.69, 9.17) is 9.97 Å². The summed E-state index contributed by atoms with van der Waals surface area (Å²) in [4.78, 5) is 34.2. The van der Waals surface area contributed by atoms with Crippen LogP contribution in [0.2, 0.25) is 0 Å². The maximum Gasteiger partial charge on any atom is 0.227 e. The van der Waals surface area contributed by atoms with E-state index in [-0.39, 0.29) is 24.0 Å². The van der Waals surface area contributed by atoms with Gasteiger partial charge in [0.15, 0.2) is 11.5 Å². The number of carbonyl (C=O) groups is 1. The molecule has 7 rings (SSSR count). The van der Waals surface area contributed by atoms with Gasteiger partial charge in [-0.2, -0.15) is 5.10 Å². The zero-order valence-electron chi connectivity index (χ0n) is 23.6. The summed E-state index contributed by atoms with van der Waals surface area (Å²) in [5, 5.41) is 10.4. The number of benzene rings is 1. The number of halogens is 1. The second-order valence-electron chi connectivity index (χ2n) is 11.1. The fourth-order valence-corrected chi connectivity index (χ4v) is 5.89. The Hall–Kier alpha value is -5.04. The smallest absolute Gasteiger partial charge is 0.227 e. The Morgan fingerprint density at radius 1 is 1.00 bits per heavy atom. The molecule has 0 spiro atoms. The Morgan fingerprint density at radius 3 is 2.64 bits per heavy atom. The number of aromatic amines is 2. The number of sulfone groups is 1. The first-order valence-corrected chi connectivity index (χ1v) is 16.2. The highest BCUT2D eigenvalue weighted by atomic mass is 32.2. The zero-order valence-corrected chi connectivity index (χ0v) is 24.4. The third-order valence-corrected chi connectivity index (χ3v) is 8.75. The van der Waals surface area contributed by atoms with Gasteiger partial charge in [-0.3, -0.25) is 19.9 Å². The van der Waals surface area contributed by atoms with Crippen molar-refractivity contribution in [1.82, 2.24) is 35.1 Å². The van der Waals surface area contributed by atoms with Gasteiger partial charge in [0.2, 0.25) is 5.91 Å². The average Bonchev–Trinajstić information content (AvgIpc) is 3.58. The quantitative estimate of drug-likeness (QED) is 0.215. The second-order valence-corrected chi connectivity index (χ2v) is 13.4. The molecular weight excluding hydrogens is 583 g/mol. The summed E-state index contributed by atoms with van der Waals surface area (Å²) in [5.41, 5.74) is 6.42. The molecule has 5 aromatic heterocycles. The number of H-pyrrole nitrogens is 2. The highest BCUT2D eigenvalue weighted by Crippen LogP contribution is 2.32. The molecule has 6 aromatic rings. The Labute approximate surface area is 251 Å². The molecule has 44 heavy (non-hydrogen) atoms. The van der Waals surface area contributed by atoms with Crippen LogP contribution in [0.5, 0.6) is 0 Å². The molecule has 0 unspecified atom stereocenters. The van der Waals surface area contributed by atoms with Gasteiger partial charge in [-0.15, -0.1) is 0 Å². The van der Waals surface area contributed by atoms with Crippen LogP contribution in [0.4, 0.5) is 10.1 Å². The number of amides is 1. The van der Waals surface area contributed by atoms with Crippen molar-refractivity contribution >= 4 is 43.5 Å². The number of imidazole rings is 1. The lowest BCUT2D eigenvalue weighted by molar-refractivity contribution is -0.122. The summed E-state index contributed by atoms with van der Waals surface area (Å²) < 4.78 is 37.9. The minimum atomic E-state index is -3.21. The fraction of sp³-hybridized carbons (Fsp3) is 0.226. The fourth-order valence-electron chi connectivity index (χ4n) is 5.28. The number of hydrogen-bond acceptors (Lipinski definition) is 8. The van der Waals surface area contributed by atoms with E-state index in [1.54, 1.807) is 30.7 Å². The van der Waals surface area contributed by atoms with Gasteiger partial charge in [0, 0.05) is 35.7 Å². The lowest BCUT2D eigenvalue weighted by Gasteiger charge is -2.24. The molecule has 1 fully saturated rings. The summed E-state index contributed by atoms with van der Waals surface area (Å²) in [5.74, 6) is -0.0615. The first-order valence-electron chi connectivity index (χ1n) is 14.1. The molecule has 222 valence electrons. The van der Waals surface area contributed by atoms with Gasteiger partial charge in [0.25, 0.3) is 0 Å². The van der Waals surface area contributed by atoms with Crippen molar-refractivity contribution < 1.29 is 17.6 Å². The third kappa shape index (κ3) is 5.53. The van der Waals surface area contributed by atoms with Crippen LogP contribution in [0.3, 0.4) is 0 Å². The highest BCUT2D eigenvalue weighted by molar-refractivity contribution is 7.90. The van der Waals surface area contributed by atoms with Gasteiger partial charge in [0.1, 0.15) is 26.7 Å². The molecule has 5 heterocycles. The van der Waals surface area contributed by atoms with E-state index in [2.05, 4.69) is 30.5 Å². The number of aryl methyl sites for hydroxylation is 1. The first-order chi connectivity index (χ1) is 21.2. The topological polar surface area (TPSA) is 159 Å². The van der Waals surface area contributed by atoms with Gasteiger partial charge in [-0.25, -0.2) is 22.8 Å². The van der Waals surface area contributed by atoms with Crippen LogP contribution in [0.25, 0.3) is 56.1 Å². The van der Waals surface area contributed by atoms with E-state index in [0.717, 1.165) is 31.1 Å². The Balaban J connectivity index is 1.23. The predicted molar refractivity (Wildman–Crippen MR) is 165 cm³/mol. The van der Waals surface area contributed by atoms with E-state index < -0.39 is 15.7 Å². The molecular formula is C31H27FN8O3S. The normalized spacial score (nSPS) is 13.8. The van der Waals surface area contributed by atoms with Crippen LogP contribution in [-0.2, 0) is 21.1 Å². The van der Waals surface area contributed by atoms with Crippen LogP contribution in [-0.4, -0.2) is 61.5 Å². The molecule has 1 aromatic carbocycles. The van der Waals surface area contributed by atoms with Crippen molar-refractivity contribution in [2.24, 2.45) is 5.92 Å². The average molecular weight is 611 g/mol. The maximum atomic E-state index is 14.6. The zero-order chi connectivity index (χ0) is 30.4. The monoisotopic (exact) mass is 610 g/mol. The third-order valence-electron chi connectivity index (χ3n) is 7.80. The van der Waals surface area contributed by atoms with Crippen LogP contribution >= 0.6 is 0 Å². The minimum Gasteiger partial charge on any atom is -0.336 e. The van der Waals surface area contributed by atoms with Crippen LogP contribution in [0, 0.1) is 11.7 Å². The molecule has 11 nitrogen and oxygen atoms in total. The number of carbonyl (C=O) groups excluding carboxylic acids is 1. The van der Waals surface area contributed by atoms with Crippen molar-refractivity contribution in [3.63, 3.8) is 0 Å². The number of anilines is 1. The van der Waals surface area contributed by atoms with Crippen molar-refractivity contribution in [2.75, 3.05) is 17.3 Å². The number of hydrogen-bond donors (Lipinski definition) is 3. The van der Waals surface area contributed by atoms with E-state index in [1.165, 1.54) is 12.1 Å². The first kappa shape index (κ1) is 27.8. The molecule has 1 aliphatic rings. The lowest BCUT2D eigenvalue weighted by Crippen LogP contribution is -2.28. The predicted octanol–water partition coefficient (Wildman–Crippen LogP) is 5.09. The highest BCUT2D eigenvalue weighted by Gasteiger charge is 2.25. The summed E-state index contributed by atoms with van der Waals surface area (Å²) in [6.07, 6.45) is 9.15. The van der Waals surface area contributed by atoms with Crippen LogP contribution < -0.4 is 5.32 Å². The van der Waals surface area contributed by atoms with Crippen molar-refractivity contribution in [3.05, 3.63) is 72.4 Å². The molecule has 0 radical (unpaired) electrons. The van der Waals surface area contributed by atoms with E-state index in [1.807, 2.05) is 18.2 Å². The molecule has 0 aliphatic heterocycles. The number of rotatable bonds is 8. The Kier molecular flexibility index (Phi) is 6.88. The van der Waals surface area contributed by atoms with Crippen molar-refractivity contribution in [2.45, 2.75) is 25.7 Å². The van der Waals surface area contributed by atoms with Gasteiger partial charge in [-0.1, -0.05) is 6.42 Å². The molecule has 1 amide bonds. The number of pyridine rings is 3. The summed E-state index contributed by atoms with van der Waals surface area (Å²) in [6, 6.07) is 11.8. The van der Waals surface area contributed by atoms with E-state index in [9.17, 15) is 17.6 Å². The molecule has 1 aliphatic carbocycles. The maximum absolute atomic E-state index is 14.6. The number of fused-ring (bicyclic) bond motifs is 2. The van der Waals surface area contributed by atoms with E-state index >= 15 is 0 Å². The number of aromatic nitrogens is 7. The Bertz CT molecular complexity index is 2170. The molecule has 1 saturated carbocycles. The van der Waals surface area contributed by atoms with E-state index in [0.29, 0.717) is 61.8 Å². The van der Waals surface area contributed by atoms with Gasteiger partial charge in [0.05, 0.1) is 40.1 Å². The minimum absolute atomic E-state index is 0.0119. The second kappa shape index (κ2) is 10.9.